The molecule has 0 aliphatic heterocycles. The first-order valence-electron chi connectivity index (χ1n) is 4.60. The van der Waals surface area contributed by atoms with E-state index in [1.807, 2.05) is 0 Å². The standard InChI is InChI=1S/C9H16F3NO2/c1-5-13(6-9(10,11)12)7(14)15-8(2,3)4/h5-6H2,1-4H3. The van der Waals surface area contributed by atoms with Crippen LogP contribution in [-0.4, -0.2) is 35.9 Å². The van der Waals surface area contributed by atoms with Crippen molar-refractivity contribution >= 4 is 6.09 Å². The summed E-state index contributed by atoms with van der Waals surface area (Å²) in [4.78, 5) is 11.9. The molecule has 0 radical (unpaired) electrons. The monoisotopic (exact) mass is 227 g/mol. The number of carbonyl (C=O) groups excluding carboxylic acids is 1. The van der Waals surface area contributed by atoms with Crippen LogP contribution in [0, 0.1) is 0 Å². The lowest BCUT2D eigenvalue weighted by Crippen LogP contribution is -2.41. The third kappa shape index (κ3) is 7.04. The molecule has 0 bridgehead atoms. The van der Waals surface area contributed by atoms with Gasteiger partial charge in [-0.15, -0.1) is 0 Å². The Hall–Kier alpha value is -0.940. The van der Waals surface area contributed by atoms with Crippen molar-refractivity contribution in [3.8, 4) is 0 Å². The summed E-state index contributed by atoms with van der Waals surface area (Å²) >= 11 is 0. The molecule has 3 nitrogen and oxygen atoms in total. The fourth-order valence-corrected chi connectivity index (χ4v) is 0.848. The van der Waals surface area contributed by atoms with E-state index in [4.69, 9.17) is 4.74 Å². The van der Waals surface area contributed by atoms with Crippen LogP contribution in [0.2, 0.25) is 0 Å². The smallest absolute Gasteiger partial charge is 0.410 e. The molecule has 0 spiro atoms. The van der Waals surface area contributed by atoms with E-state index in [1.165, 1.54) is 6.92 Å². The Bertz CT molecular complexity index is 220. The Morgan fingerprint density at radius 2 is 1.73 bits per heavy atom. The normalized spacial score (nSPS) is 12.5. The quantitative estimate of drug-likeness (QED) is 0.726. The summed E-state index contributed by atoms with van der Waals surface area (Å²) in [6.07, 6.45) is -5.34. The molecule has 0 saturated carbocycles. The van der Waals surface area contributed by atoms with Crippen molar-refractivity contribution in [1.82, 2.24) is 4.90 Å². The molecule has 15 heavy (non-hydrogen) atoms. The Labute approximate surface area is 87.2 Å². The number of halogens is 3. The van der Waals surface area contributed by atoms with Crippen LogP contribution in [0.15, 0.2) is 0 Å². The van der Waals surface area contributed by atoms with Gasteiger partial charge >= 0.3 is 12.3 Å². The van der Waals surface area contributed by atoms with Gasteiger partial charge in [-0.25, -0.2) is 4.79 Å². The summed E-state index contributed by atoms with van der Waals surface area (Å²) in [5.74, 6) is 0. The van der Waals surface area contributed by atoms with Crippen molar-refractivity contribution in [2.45, 2.75) is 39.5 Å². The summed E-state index contributed by atoms with van der Waals surface area (Å²) in [6.45, 7) is 4.97. The third-order valence-corrected chi connectivity index (χ3v) is 1.40. The summed E-state index contributed by atoms with van der Waals surface area (Å²) in [6, 6.07) is 0. The zero-order valence-corrected chi connectivity index (χ0v) is 9.31. The average molecular weight is 227 g/mol. The fraction of sp³-hybridized carbons (Fsp3) is 0.889. The highest BCUT2D eigenvalue weighted by Gasteiger charge is 2.34. The second-order valence-corrected chi connectivity index (χ2v) is 4.11. The Balaban J connectivity index is 4.36. The summed E-state index contributed by atoms with van der Waals surface area (Å²) < 4.78 is 40.9. The number of hydrogen-bond donors (Lipinski definition) is 0. The fourth-order valence-electron chi connectivity index (χ4n) is 0.848. The largest absolute Gasteiger partial charge is 0.444 e. The third-order valence-electron chi connectivity index (χ3n) is 1.40. The molecule has 0 atom stereocenters. The minimum atomic E-state index is -4.40. The van der Waals surface area contributed by atoms with Gasteiger partial charge in [0, 0.05) is 6.54 Å². The summed E-state index contributed by atoms with van der Waals surface area (Å²) in [7, 11) is 0. The number of amides is 1. The van der Waals surface area contributed by atoms with Gasteiger partial charge in [-0.1, -0.05) is 0 Å². The molecule has 0 aliphatic carbocycles. The number of ether oxygens (including phenoxy) is 1. The van der Waals surface area contributed by atoms with E-state index in [9.17, 15) is 18.0 Å². The minimum absolute atomic E-state index is 0.0333. The predicted octanol–water partition coefficient (Wildman–Crippen LogP) is 2.81. The van der Waals surface area contributed by atoms with E-state index >= 15 is 0 Å². The number of rotatable bonds is 2. The highest BCUT2D eigenvalue weighted by molar-refractivity contribution is 5.68. The van der Waals surface area contributed by atoms with E-state index < -0.39 is 24.4 Å². The first-order valence-corrected chi connectivity index (χ1v) is 4.60. The molecule has 90 valence electrons. The van der Waals surface area contributed by atoms with Gasteiger partial charge in [-0.2, -0.15) is 13.2 Å². The average Bonchev–Trinajstić information content (AvgIpc) is 1.94. The molecule has 0 N–H and O–H groups in total. The molecule has 0 unspecified atom stereocenters. The van der Waals surface area contributed by atoms with Crippen LogP contribution in [-0.2, 0) is 4.74 Å². The molecule has 0 aliphatic rings. The lowest BCUT2D eigenvalue weighted by Gasteiger charge is -2.27. The van der Waals surface area contributed by atoms with Crippen molar-refractivity contribution < 1.29 is 22.7 Å². The van der Waals surface area contributed by atoms with Gasteiger partial charge in [0.1, 0.15) is 12.1 Å². The Kier molecular flexibility index (Phi) is 4.42. The van der Waals surface area contributed by atoms with Gasteiger partial charge < -0.3 is 4.74 Å². The van der Waals surface area contributed by atoms with Crippen molar-refractivity contribution in [3.63, 3.8) is 0 Å². The molecule has 6 heteroatoms. The van der Waals surface area contributed by atoms with Crippen molar-refractivity contribution in [3.05, 3.63) is 0 Å². The molecular weight excluding hydrogens is 211 g/mol. The zero-order chi connectivity index (χ0) is 12.3. The maximum absolute atomic E-state index is 12.0. The molecule has 0 fully saturated rings. The highest BCUT2D eigenvalue weighted by atomic mass is 19.4. The molecule has 0 rings (SSSR count). The first-order chi connectivity index (χ1) is 6.55. The molecule has 0 aromatic rings. The van der Waals surface area contributed by atoms with Crippen LogP contribution in [0.4, 0.5) is 18.0 Å². The van der Waals surface area contributed by atoms with Gasteiger partial charge in [0.15, 0.2) is 0 Å². The van der Waals surface area contributed by atoms with Gasteiger partial charge in [0.05, 0.1) is 0 Å². The van der Waals surface area contributed by atoms with Crippen LogP contribution in [0.25, 0.3) is 0 Å². The number of nitrogens with zero attached hydrogens (tertiary/aromatic N) is 1. The van der Waals surface area contributed by atoms with Gasteiger partial charge in [0.25, 0.3) is 0 Å². The lowest BCUT2D eigenvalue weighted by molar-refractivity contribution is -0.144. The molecule has 0 aromatic heterocycles. The van der Waals surface area contributed by atoms with E-state index in [2.05, 4.69) is 0 Å². The number of alkyl halides is 3. The van der Waals surface area contributed by atoms with Gasteiger partial charge in [-0.3, -0.25) is 4.90 Å². The van der Waals surface area contributed by atoms with E-state index in [1.54, 1.807) is 20.8 Å². The summed E-state index contributed by atoms with van der Waals surface area (Å²) in [5, 5.41) is 0. The zero-order valence-electron chi connectivity index (χ0n) is 9.31. The predicted molar refractivity (Wildman–Crippen MR) is 49.5 cm³/mol. The lowest BCUT2D eigenvalue weighted by atomic mass is 10.2. The van der Waals surface area contributed by atoms with Crippen LogP contribution in [0.5, 0.6) is 0 Å². The maximum atomic E-state index is 12.0. The van der Waals surface area contributed by atoms with Crippen LogP contribution >= 0.6 is 0 Å². The van der Waals surface area contributed by atoms with Crippen molar-refractivity contribution in [1.29, 1.82) is 0 Å². The second-order valence-electron chi connectivity index (χ2n) is 4.11. The molecule has 0 heterocycles. The number of hydrogen-bond acceptors (Lipinski definition) is 2. The van der Waals surface area contributed by atoms with Crippen LogP contribution < -0.4 is 0 Å². The first kappa shape index (κ1) is 14.1. The van der Waals surface area contributed by atoms with E-state index in [0.29, 0.717) is 4.90 Å². The Morgan fingerprint density at radius 3 is 2.00 bits per heavy atom. The molecular formula is C9H16F3NO2. The minimum Gasteiger partial charge on any atom is -0.444 e. The van der Waals surface area contributed by atoms with Crippen LogP contribution in [0.1, 0.15) is 27.7 Å². The maximum Gasteiger partial charge on any atom is 0.410 e. The van der Waals surface area contributed by atoms with Gasteiger partial charge in [-0.05, 0) is 27.7 Å². The SMILES string of the molecule is CCN(CC(F)(F)F)C(=O)OC(C)(C)C. The van der Waals surface area contributed by atoms with Crippen molar-refractivity contribution in [2.24, 2.45) is 0 Å². The summed E-state index contributed by atoms with van der Waals surface area (Å²) in [5.41, 5.74) is -0.782. The van der Waals surface area contributed by atoms with E-state index in [0.717, 1.165) is 0 Å². The molecule has 0 aromatic carbocycles. The highest BCUT2D eigenvalue weighted by Crippen LogP contribution is 2.18. The van der Waals surface area contributed by atoms with E-state index in [-0.39, 0.29) is 6.54 Å². The molecule has 1 amide bonds. The van der Waals surface area contributed by atoms with Crippen LogP contribution in [0.3, 0.4) is 0 Å². The topological polar surface area (TPSA) is 29.5 Å². The number of carbonyl (C=O) groups is 1. The Morgan fingerprint density at radius 1 is 1.27 bits per heavy atom. The second kappa shape index (κ2) is 4.72. The van der Waals surface area contributed by atoms with Crippen molar-refractivity contribution in [2.75, 3.05) is 13.1 Å². The van der Waals surface area contributed by atoms with Gasteiger partial charge in [0.2, 0.25) is 0 Å². The molecule has 0 saturated heterocycles.